The maximum atomic E-state index is 12.4. The SMILES string of the molecule is COc1cc(/C=N\NC(=O)c2ccc(C(C)(C)C)cc2)ccc1OC(=O)c1ccc(C)cc1. The molecule has 0 saturated carbocycles. The Kier molecular flexibility index (Phi) is 7.28. The van der Waals surface area contributed by atoms with E-state index in [1.807, 2.05) is 31.2 Å². The second kappa shape index (κ2) is 10.1. The molecule has 3 aromatic rings. The van der Waals surface area contributed by atoms with Crippen LogP contribution in [-0.4, -0.2) is 25.2 Å². The van der Waals surface area contributed by atoms with Gasteiger partial charge in [0.05, 0.1) is 18.9 Å². The van der Waals surface area contributed by atoms with Crippen molar-refractivity contribution in [3.63, 3.8) is 0 Å². The lowest BCUT2D eigenvalue weighted by atomic mass is 9.87. The first-order valence-corrected chi connectivity index (χ1v) is 10.6. The Morgan fingerprint density at radius 1 is 0.879 bits per heavy atom. The first-order chi connectivity index (χ1) is 15.7. The molecule has 0 atom stereocenters. The van der Waals surface area contributed by atoms with Crippen LogP contribution in [0.15, 0.2) is 71.8 Å². The van der Waals surface area contributed by atoms with Crippen LogP contribution in [0.4, 0.5) is 0 Å². The second-order valence-electron chi connectivity index (χ2n) is 8.69. The highest BCUT2D eigenvalue weighted by atomic mass is 16.6. The van der Waals surface area contributed by atoms with Crippen molar-refractivity contribution in [1.82, 2.24) is 5.43 Å². The topological polar surface area (TPSA) is 77.0 Å². The highest BCUT2D eigenvalue weighted by molar-refractivity contribution is 5.95. The van der Waals surface area contributed by atoms with Crippen molar-refractivity contribution < 1.29 is 19.1 Å². The van der Waals surface area contributed by atoms with E-state index in [0.717, 1.165) is 11.1 Å². The lowest BCUT2D eigenvalue weighted by Crippen LogP contribution is -2.18. The van der Waals surface area contributed by atoms with Crippen LogP contribution in [-0.2, 0) is 5.41 Å². The van der Waals surface area contributed by atoms with Crippen molar-refractivity contribution in [3.8, 4) is 11.5 Å². The number of hydrazone groups is 1. The molecule has 0 aliphatic carbocycles. The molecule has 170 valence electrons. The van der Waals surface area contributed by atoms with Crippen LogP contribution in [0.2, 0.25) is 0 Å². The molecule has 6 nitrogen and oxygen atoms in total. The van der Waals surface area contributed by atoms with E-state index >= 15 is 0 Å². The smallest absolute Gasteiger partial charge is 0.343 e. The predicted octanol–water partition coefficient (Wildman–Crippen LogP) is 5.28. The minimum atomic E-state index is -0.473. The molecule has 0 aromatic heterocycles. The average Bonchev–Trinajstić information content (AvgIpc) is 2.79. The minimum Gasteiger partial charge on any atom is -0.493 e. The molecule has 1 N–H and O–H groups in total. The van der Waals surface area contributed by atoms with E-state index in [1.165, 1.54) is 13.3 Å². The van der Waals surface area contributed by atoms with E-state index in [4.69, 9.17) is 9.47 Å². The molecule has 3 rings (SSSR count). The van der Waals surface area contributed by atoms with Crippen molar-refractivity contribution in [1.29, 1.82) is 0 Å². The lowest BCUT2D eigenvalue weighted by molar-refractivity contribution is 0.0729. The Balaban J connectivity index is 1.64. The number of nitrogens with one attached hydrogen (secondary N) is 1. The van der Waals surface area contributed by atoms with Crippen LogP contribution in [0, 0.1) is 6.92 Å². The van der Waals surface area contributed by atoms with Gasteiger partial charge in [0.2, 0.25) is 0 Å². The van der Waals surface area contributed by atoms with E-state index in [1.54, 1.807) is 42.5 Å². The zero-order valence-electron chi connectivity index (χ0n) is 19.5. The summed E-state index contributed by atoms with van der Waals surface area (Å²) in [7, 11) is 1.49. The lowest BCUT2D eigenvalue weighted by Gasteiger charge is -2.18. The molecule has 3 aromatic carbocycles. The number of aryl methyl sites for hydroxylation is 1. The van der Waals surface area contributed by atoms with Gasteiger partial charge in [-0.15, -0.1) is 0 Å². The fraction of sp³-hybridized carbons (Fsp3) is 0.222. The van der Waals surface area contributed by atoms with E-state index in [-0.39, 0.29) is 11.3 Å². The fourth-order valence-corrected chi connectivity index (χ4v) is 3.05. The third-order valence-electron chi connectivity index (χ3n) is 5.07. The van der Waals surface area contributed by atoms with Gasteiger partial charge in [-0.05, 0) is 65.9 Å². The maximum Gasteiger partial charge on any atom is 0.343 e. The second-order valence-corrected chi connectivity index (χ2v) is 8.69. The first kappa shape index (κ1) is 23.7. The van der Waals surface area contributed by atoms with Gasteiger partial charge < -0.3 is 9.47 Å². The summed E-state index contributed by atoms with van der Waals surface area (Å²) < 4.78 is 10.8. The minimum absolute atomic E-state index is 0.0207. The van der Waals surface area contributed by atoms with Crippen LogP contribution in [0.1, 0.15) is 58.2 Å². The molecule has 0 aliphatic rings. The summed E-state index contributed by atoms with van der Waals surface area (Å²) >= 11 is 0. The van der Waals surface area contributed by atoms with Gasteiger partial charge in [0.1, 0.15) is 0 Å². The molecule has 0 heterocycles. The van der Waals surface area contributed by atoms with Gasteiger partial charge in [-0.3, -0.25) is 4.79 Å². The molecule has 33 heavy (non-hydrogen) atoms. The van der Waals surface area contributed by atoms with Gasteiger partial charge >= 0.3 is 5.97 Å². The van der Waals surface area contributed by atoms with Crippen LogP contribution in [0.5, 0.6) is 11.5 Å². The van der Waals surface area contributed by atoms with Gasteiger partial charge in [-0.1, -0.05) is 50.6 Å². The molecular formula is C27H28N2O4. The summed E-state index contributed by atoms with van der Waals surface area (Å²) in [6.07, 6.45) is 1.50. The Bertz CT molecular complexity index is 1160. The number of ether oxygens (including phenoxy) is 2. The number of hydrogen-bond donors (Lipinski definition) is 1. The summed E-state index contributed by atoms with van der Waals surface area (Å²) in [5.74, 6) is -0.103. The van der Waals surface area contributed by atoms with Crippen LogP contribution >= 0.6 is 0 Å². The normalized spacial score (nSPS) is 11.3. The van der Waals surface area contributed by atoms with E-state index < -0.39 is 5.97 Å². The molecule has 0 unspecified atom stereocenters. The molecule has 0 bridgehead atoms. The number of rotatable bonds is 6. The van der Waals surface area contributed by atoms with Crippen molar-refractivity contribution >= 4 is 18.1 Å². The van der Waals surface area contributed by atoms with Gasteiger partial charge in [0, 0.05) is 5.56 Å². The van der Waals surface area contributed by atoms with E-state index in [2.05, 4.69) is 31.3 Å². The Hall–Kier alpha value is -3.93. The third kappa shape index (κ3) is 6.29. The first-order valence-electron chi connectivity index (χ1n) is 10.6. The number of benzene rings is 3. The standard InChI is InChI=1S/C27H28N2O4/c1-18-6-9-21(10-7-18)26(31)33-23-15-8-19(16-24(23)32-5)17-28-29-25(30)20-11-13-22(14-12-20)27(2,3)4/h6-17H,1-5H3,(H,29,30)/b28-17-. The van der Waals surface area contributed by atoms with Gasteiger partial charge in [-0.2, -0.15) is 5.10 Å². The van der Waals surface area contributed by atoms with E-state index in [0.29, 0.717) is 28.2 Å². The van der Waals surface area contributed by atoms with Crippen LogP contribution in [0.25, 0.3) is 0 Å². The Labute approximate surface area is 194 Å². The third-order valence-corrected chi connectivity index (χ3v) is 5.07. The zero-order valence-corrected chi connectivity index (χ0v) is 19.5. The summed E-state index contributed by atoms with van der Waals surface area (Å²) in [4.78, 5) is 24.7. The summed E-state index contributed by atoms with van der Waals surface area (Å²) in [6, 6.07) is 19.6. The highest BCUT2D eigenvalue weighted by Gasteiger charge is 2.15. The van der Waals surface area contributed by atoms with Crippen molar-refractivity contribution in [2.24, 2.45) is 5.10 Å². The molecular weight excluding hydrogens is 416 g/mol. The van der Waals surface area contributed by atoms with Crippen molar-refractivity contribution in [2.75, 3.05) is 7.11 Å². The zero-order chi connectivity index (χ0) is 24.0. The largest absolute Gasteiger partial charge is 0.493 e. The van der Waals surface area contributed by atoms with Crippen molar-refractivity contribution in [2.45, 2.75) is 33.1 Å². The van der Waals surface area contributed by atoms with Crippen LogP contribution in [0.3, 0.4) is 0 Å². The number of methoxy groups -OCH3 is 1. The van der Waals surface area contributed by atoms with Crippen LogP contribution < -0.4 is 14.9 Å². The number of esters is 1. The number of hydrogen-bond acceptors (Lipinski definition) is 5. The number of amides is 1. The summed E-state index contributed by atoms with van der Waals surface area (Å²) in [6.45, 7) is 8.31. The number of nitrogens with zero attached hydrogens (tertiary/aromatic N) is 1. The number of carbonyl (C=O) groups excluding carboxylic acids is 2. The summed E-state index contributed by atoms with van der Waals surface area (Å²) in [5, 5.41) is 4.02. The van der Waals surface area contributed by atoms with E-state index in [9.17, 15) is 9.59 Å². The molecule has 0 saturated heterocycles. The fourth-order valence-electron chi connectivity index (χ4n) is 3.05. The maximum absolute atomic E-state index is 12.4. The predicted molar refractivity (Wildman–Crippen MR) is 129 cm³/mol. The Morgan fingerprint density at radius 3 is 2.12 bits per heavy atom. The number of carbonyl (C=O) groups is 2. The molecule has 1 amide bonds. The Morgan fingerprint density at radius 2 is 1.52 bits per heavy atom. The molecule has 6 heteroatoms. The van der Waals surface area contributed by atoms with Gasteiger partial charge in [-0.25, -0.2) is 10.2 Å². The highest BCUT2D eigenvalue weighted by Crippen LogP contribution is 2.28. The van der Waals surface area contributed by atoms with Gasteiger partial charge in [0.25, 0.3) is 5.91 Å². The monoisotopic (exact) mass is 444 g/mol. The molecule has 0 radical (unpaired) electrons. The average molecular weight is 445 g/mol. The molecule has 0 fully saturated rings. The summed E-state index contributed by atoms with van der Waals surface area (Å²) in [5.41, 5.74) is 6.40. The van der Waals surface area contributed by atoms with Gasteiger partial charge in [0.15, 0.2) is 11.5 Å². The van der Waals surface area contributed by atoms with Crippen molar-refractivity contribution in [3.05, 3.63) is 94.5 Å². The molecule has 0 spiro atoms. The quantitative estimate of drug-likeness (QED) is 0.243. The molecule has 0 aliphatic heterocycles.